The number of ether oxygens (including phenoxy) is 1. The van der Waals surface area contributed by atoms with Gasteiger partial charge in [-0.05, 0) is 19.9 Å². The van der Waals surface area contributed by atoms with Crippen molar-refractivity contribution in [3.05, 3.63) is 22.8 Å². The minimum Gasteiger partial charge on any atom is -0.373 e. The molecule has 0 unspecified atom stereocenters. The highest BCUT2D eigenvalue weighted by Gasteiger charge is 2.32. The van der Waals surface area contributed by atoms with Gasteiger partial charge in [0.25, 0.3) is 0 Å². The van der Waals surface area contributed by atoms with Crippen LogP contribution in [0.15, 0.2) is 12.3 Å². The summed E-state index contributed by atoms with van der Waals surface area (Å²) in [6.07, 6.45) is -3.54. The first-order valence-electron chi connectivity index (χ1n) is 6.63. The van der Waals surface area contributed by atoms with E-state index in [9.17, 15) is 13.2 Å². The first-order chi connectivity index (χ1) is 9.77. The van der Waals surface area contributed by atoms with E-state index in [0.717, 1.165) is 18.8 Å². The van der Waals surface area contributed by atoms with Crippen molar-refractivity contribution in [2.75, 3.05) is 18.4 Å². The van der Waals surface area contributed by atoms with Gasteiger partial charge in [-0.2, -0.15) is 13.2 Å². The fourth-order valence-corrected chi connectivity index (χ4v) is 2.39. The number of nitrogens with one attached hydrogen (secondary N) is 2. The lowest BCUT2D eigenvalue weighted by Crippen LogP contribution is -2.53. The Balaban J connectivity index is 1.97. The molecule has 1 aromatic heterocycles. The van der Waals surface area contributed by atoms with E-state index in [1.165, 1.54) is 0 Å². The lowest BCUT2D eigenvalue weighted by atomic mass is 10.1. The van der Waals surface area contributed by atoms with Gasteiger partial charge in [0.15, 0.2) is 0 Å². The fourth-order valence-electron chi connectivity index (χ4n) is 2.16. The minimum atomic E-state index is -4.45. The van der Waals surface area contributed by atoms with E-state index in [2.05, 4.69) is 15.6 Å². The third kappa shape index (κ3) is 4.21. The zero-order valence-electron chi connectivity index (χ0n) is 11.7. The molecule has 8 heteroatoms. The van der Waals surface area contributed by atoms with Crippen LogP contribution in [0.3, 0.4) is 0 Å². The van der Waals surface area contributed by atoms with Gasteiger partial charge in [0.1, 0.15) is 5.82 Å². The van der Waals surface area contributed by atoms with Gasteiger partial charge in [0, 0.05) is 19.3 Å². The largest absolute Gasteiger partial charge is 0.417 e. The Morgan fingerprint density at radius 3 is 2.76 bits per heavy atom. The van der Waals surface area contributed by atoms with Crippen LogP contribution in [0, 0.1) is 0 Å². The molecule has 2 heterocycles. The van der Waals surface area contributed by atoms with Gasteiger partial charge in [0.05, 0.1) is 28.8 Å². The molecule has 0 aromatic carbocycles. The molecule has 0 spiro atoms. The Kier molecular flexibility index (Phi) is 4.95. The topological polar surface area (TPSA) is 46.2 Å². The summed E-state index contributed by atoms with van der Waals surface area (Å²) in [6, 6.07) is 0.911. The van der Waals surface area contributed by atoms with E-state index in [0.29, 0.717) is 6.54 Å². The molecule has 118 valence electrons. The zero-order valence-corrected chi connectivity index (χ0v) is 12.4. The predicted molar refractivity (Wildman–Crippen MR) is 74.5 cm³/mol. The van der Waals surface area contributed by atoms with Crippen molar-refractivity contribution in [2.24, 2.45) is 0 Å². The second kappa shape index (κ2) is 6.37. The maximum atomic E-state index is 12.5. The summed E-state index contributed by atoms with van der Waals surface area (Å²) < 4.78 is 43.2. The van der Waals surface area contributed by atoms with Crippen molar-refractivity contribution in [1.82, 2.24) is 10.3 Å². The highest BCUT2D eigenvalue weighted by molar-refractivity contribution is 6.32. The van der Waals surface area contributed by atoms with Gasteiger partial charge in [-0.25, -0.2) is 4.98 Å². The van der Waals surface area contributed by atoms with Gasteiger partial charge in [-0.1, -0.05) is 11.6 Å². The molecule has 0 bridgehead atoms. The second-order valence-corrected chi connectivity index (χ2v) is 5.51. The minimum absolute atomic E-state index is 0.00512. The Hall–Kier alpha value is -1.05. The number of aromatic nitrogens is 1. The van der Waals surface area contributed by atoms with Crippen molar-refractivity contribution in [3.8, 4) is 0 Å². The standard InChI is InChI=1S/C13H17ClF3N3O/c1-7-4-18-11(8(2)21-7)6-20-12-10(14)3-9(5-19-12)13(15,16)17/h3,5,7-8,11,18H,4,6H2,1-2H3,(H,19,20)/t7-,8+,11-/m1/s1. The summed E-state index contributed by atoms with van der Waals surface area (Å²) >= 11 is 5.84. The summed E-state index contributed by atoms with van der Waals surface area (Å²) in [5.74, 6) is 0.234. The fraction of sp³-hybridized carbons (Fsp3) is 0.615. The van der Waals surface area contributed by atoms with Crippen LogP contribution in [0.5, 0.6) is 0 Å². The number of alkyl halides is 3. The number of hydrogen-bond acceptors (Lipinski definition) is 4. The van der Waals surface area contributed by atoms with Crippen molar-refractivity contribution in [2.45, 2.75) is 38.3 Å². The van der Waals surface area contributed by atoms with Gasteiger partial charge in [-0.15, -0.1) is 0 Å². The molecule has 1 aliphatic rings. The normalized spacial score (nSPS) is 26.7. The molecule has 3 atom stereocenters. The smallest absolute Gasteiger partial charge is 0.373 e. The summed E-state index contributed by atoms with van der Waals surface area (Å²) in [7, 11) is 0. The second-order valence-electron chi connectivity index (χ2n) is 5.10. The van der Waals surface area contributed by atoms with Crippen molar-refractivity contribution in [3.63, 3.8) is 0 Å². The Morgan fingerprint density at radius 1 is 1.48 bits per heavy atom. The SMILES string of the molecule is C[C@@H]1CN[C@H](CNc2ncc(C(F)(F)F)cc2Cl)[C@H](C)O1. The molecule has 0 amide bonds. The monoisotopic (exact) mass is 323 g/mol. The average molecular weight is 324 g/mol. The lowest BCUT2D eigenvalue weighted by Gasteiger charge is -2.34. The van der Waals surface area contributed by atoms with E-state index < -0.39 is 11.7 Å². The third-order valence-corrected chi connectivity index (χ3v) is 3.63. The number of nitrogens with zero attached hydrogens (tertiary/aromatic N) is 1. The van der Waals surface area contributed by atoms with Gasteiger partial charge < -0.3 is 15.4 Å². The summed E-state index contributed by atoms with van der Waals surface area (Å²) in [6.45, 7) is 5.11. The van der Waals surface area contributed by atoms with E-state index in [1.54, 1.807) is 0 Å². The highest BCUT2D eigenvalue weighted by atomic mass is 35.5. The molecule has 1 fully saturated rings. The first kappa shape index (κ1) is 16.3. The van der Waals surface area contributed by atoms with Crippen LogP contribution in [0.1, 0.15) is 19.4 Å². The van der Waals surface area contributed by atoms with Gasteiger partial charge in [-0.3, -0.25) is 0 Å². The number of hydrogen-bond donors (Lipinski definition) is 2. The van der Waals surface area contributed by atoms with Crippen LogP contribution >= 0.6 is 11.6 Å². The molecule has 2 rings (SSSR count). The summed E-state index contributed by atoms with van der Waals surface area (Å²) in [4.78, 5) is 3.74. The average Bonchev–Trinajstić information content (AvgIpc) is 2.38. The number of anilines is 1. The maximum Gasteiger partial charge on any atom is 0.417 e. The molecule has 0 saturated carbocycles. The number of rotatable bonds is 3. The quantitative estimate of drug-likeness (QED) is 0.898. The molecule has 21 heavy (non-hydrogen) atoms. The van der Waals surface area contributed by atoms with Crippen molar-refractivity contribution < 1.29 is 17.9 Å². The molecule has 2 N–H and O–H groups in total. The lowest BCUT2D eigenvalue weighted by molar-refractivity contribution is -0.137. The molecule has 1 aliphatic heterocycles. The highest BCUT2D eigenvalue weighted by Crippen LogP contribution is 2.32. The molecule has 1 saturated heterocycles. The molecule has 4 nitrogen and oxygen atoms in total. The number of halogens is 4. The van der Waals surface area contributed by atoms with Crippen LogP contribution < -0.4 is 10.6 Å². The van der Waals surface area contributed by atoms with E-state index in [-0.39, 0.29) is 29.1 Å². The first-order valence-corrected chi connectivity index (χ1v) is 7.00. The molecular formula is C13H17ClF3N3O. The van der Waals surface area contributed by atoms with E-state index >= 15 is 0 Å². The zero-order chi connectivity index (χ0) is 15.6. The third-order valence-electron chi connectivity index (χ3n) is 3.34. The Bertz CT molecular complexity index is 498. The molecule has 0 aliphatic carbocycles. The summed E-state index contributed by atoms with van der Waals surface area (Å²) in [5, 5.41) is 6.21. The Morgan fingerprint density at radius 2 is 2.19 bits per heavy atom. The predicted octanol–water partition coefficient (Wildman–Crippen LogP) is 2.93. The van der Waals surface area contributed by atoms with Crippen LogP contribution in [0.4, 0.5) is 19.0 Å². The van der Waals surface area contributed by atoms with Crippen LogP contribution in [0.25, 0.3) is 0 Å². The van der Waals surface area contributed by atoms with E-state index in [1.807, 2.05) is 13.8 Å². The van der Waals surface area contributed by atoms with Crippen LogP contribution in [0.2, 0.25) is 5.02 Å². The number of pyridine rings is 1. The molecular weight excluding hydrogens is 307 g/mol. The van der Waals surface area contributed by atoms with Gasteiger partial charge in [0.2, 0.25) is 0 Å². The molecule has 1 aromatic rings. The molecule has 0 radical (unpaired) electrons. The van der Waals surface area contributed by atoms with E-state index in [4.69, 9.17) is 16.3 Å². The summed E-state index contributed by atoms with van der Waals surface area (Å²) in [5.41, 5.74) is -0.862. The Labute approximate surface area is 126 Å². The van der Waals surface area contributed by atoms with Crippen molar-refractivity contribution in [1.29, 1.82) is 0 Å². The van der Waals surface area contributed by atoms with Crippen LogP contribution in [-0.4, -0.2) is 36.3 Å². The van der Waals surface area contributed by atoms with Crippen molar-refractivity contribution >= 4 is 17.4 Å². The number of morpholine rings is 1. The maximum absolute atomic E-state index is 12.5. The van der Waals surface area contributed by atoms with Crippen LogP contribution in [-0.2, 0) is 10.9 Å². The van der Waals surface area contributed by atoms with Gasteiger partial charge >= 0.3 is 6.18 Å².